The number of carbonyl (C=O) groups excluding carboxylic acids is 1. The van der Waals surface area contributed by atoms with Crippen molar-refractivity contribution in [1.82, 2.24) is 5.32 Å². The normalized spacial score (nSPS) is 24.3. The molecule has 0 radical (unpaired) electrons. The number of esters is 1. The molecule has 0 amide bonds. The van der Waals surface area contributed by atoms with E-state index in [2.05, 4.69) is 23.7 Å². The lowest BCUT2D eigenvalue weighted by Crippen LogP contribution is -2.37. The molecular weight excluding hydrogens is 270 g/mol. The van der Waals surface area contributed by atoms with E-state index in [1.54, 1.807) is 11.3 Å². The van der Waals surface area contributed by atoms with Crippen LogP contribution in [0.5, 0.6) is 0 Å². The second kappa shape index (κ2) is 7.79. The molecule has 0 saturated heterocycles. The molecule has 20 heavy (non-hydrogen) atoms. The van der Waals surface area contributed by atoms with E-state index < -0.39 is 0 Å². The molecule has 0 aliphatic heterocycles. The lowest BCUT2D eigenvalue weighted by molar-refractivity contribution is -0.141. The number of nitrogens with one attached hydrogen (secondary N) is 1. The number of hydrogen-bond donors (Lipinski definition) is 1. The summed E-state index contributed by atoms with van der Waals surface area (Å²) < 4.78 is 4.84. The second-order valence-electron chi connectivity index (χ2n) is 5.65. The molecule has 3 nitrogen and oxygen atoms in total. The Morgan fingerprint density at radius 3 is 3.05 bits per heavy atom. The standard InChI is InChI=1S/C16H25NO2S/c1-3-12-6-4-7-13(10-12)17-14(11-16(18)19-2)15-8-5-9-20-15/h5,8-9,12-14,17H,3-4,6-7,10-11H2,1-2H3/t12-,13+,14+/m1/s1. The fourth-order valence-corrected chi connectivity index (χ4v) is 3.87. The lowest BCUT2D eigenvalue weighted by atomic mass is 9.84. The molecular formula is C16H25NO2S. The third-order valence-electron chi connectivity index (χ3n) is 4.28. The topological polar surface area (TPSA) is 38.3 Å². The molecule has 1 aromatic rings. The van der Waals surface area contributed by atoms with E-state index in [4.69, 9.17) is 4.74 Å². The van der Waals surface area contributed by atoms with Gasteiger partial charge in [-0.25, -0.2) is 0 Å². The molecule has 4 heteroatoms. The Bertz CT molecular complexity index is 405. The summed E-state index contributed by atoms with van der Waals surface area (Å²) in [4.78, 5) is 12.9. The number of carbonyl (C=O) groups is 1. The fraction of sp³-hybridized carbons (Fsp3) is 0.688. The molecule has 2 rings (SSSR count). The zero-order chi connectivity index (χ0) is 14.4. The Kier molecular flexibility index (Phi) is 6.05. The maximum Gasteiger partial charge on any atom is 0.307 e. The van der Waals surface area contributed by atoms with Crippen LogP contribution in [0.2, 0.25) is 0 Å². The minimum Gasteiger partial charge on any atom is -0.469 e. The predicted octanol–water partition coefficient (Wildman–Crippen LogP) is 3.91. The number of ether oxygens (including phenoxy) is 1. The van der Waals surface area contributed by atoms with Gasteiger partial charge in [0.05, 0.1) is 19.6 Å². The molecule has 1 aliphatic carbocycles. The van der Waals surface area contributed by atoms with Gasteiger partial charge in [0.15, 0.2) is 0 Å². The van der Waals surface area contributed by atoms with Gasteiger partial charge in [0.1, 0.15) is 0 Å². The van der Waals surface area contributed by atoms with Crippen molar-refractivity contribution in [2.24, 2.45) is 5.92 Å². The van der Waals surface area contributed by atoms with Crippen molar-refractivity contribution in [2.75, 3.05) is 7.11 Å². The average Bonchev–Trinajstić information content (AvgIpc) is 3.00. The van der Waals surface area contributed by atoms with Crippen LogP contribution in [0.3, 0.4) is 0 Å². The molecule has 0 bridgehead atoms. The predicted molar refractivity (Wildman–Crippen MR) is 82.9 cm³/mol. The van der Waals surface area contributed by atoms with Crippen LogP contribution in [0, 0.1) is 5.92 Å². The third kappa shape index (κ3) is 4.32. The van der Waals surface area contributed by atoms with E-state index in [-0.39, 0.29) is 12.0 Å². The molecule has 1 aliphatic rings. The van der Waals surface area contributed by atoms with Gasteiger partial charge >= 0.3 is 5.97 Å². The molecule has 1 N–H and O–H groups in total. The SMILES string of the molecule is CC[C@@H]1CCC[C@H](N[C@@H](CC(=O)OC)c2cccs2)C1. The van der Waals surface area contributed by atoms with Crippen LogP contribution in [0.15, 0.2) is 17.5 Å². The lowest BCUT2D eigenvalue weighted by Gasteiger charge is -2.32. The second-order valence-corrected chi connectivity index (χ2v) is 6.63. The summed E-state index contributed by atoms with van der Waals surface area (Å²) in [5.74, 6) is 0.696. The average molecular weight is 295 g/mol. The molecule has 112 valence electrons. The summed E-state index contributed by atoms with van der Waals surface area (Å²) in [5, 5.41) is 5.76. The van der Waals surface area contributed by atoms with E-state index in [0.717, 1.165) is 5.92 Å². The van der Waals surface area contributed by atoms with E-state index in [9.17, 15) is 4.79 Å². The van der Waals surface area contributed by atoms with Crippen molar-refractivity contribution < 1.29 is 9.53 Å². The summed E-state index contributed by atoms with van der Waals surface area (Å²) in [5.41, 5.74) is 0. The van der Waals surface area contributed by atoms with Gasteiger partial charge in [-0.3, -0.25) is 4.79 Å². The summed E-state index contributed by atoms with van der Waals surface area (Å²) in [7, 11) is 1.46. The molecule has 1 fully saturated rings. The highest BCUT2D eigenvalue weighted by Gasteiger charge is 2.25. The minimum absolute atomic E-state index is 0.100. The first-order valence-electron chi connectivity index (χ1n) is 7.59. The van der Waals surface area contributed by atoms with Crippen LogP contribution in [0.25, 0.3) is 0 Å². The van der Waals surface area contributed by atoms with Crippen LogP contribution in [-0.4, -0.2) is 19.1 Å². The number of methoxy groups -OCH3 is 1. The fourth-order valence-electron chi connectivity index (χ4n) is 3.08. The van der Waals surface area contributed by atoms with E-state index in [1.165, 1.54) is 44.1 Å². The summed E-state index contributed by atoms with van der Waals surface area (Å²) in [6.07, 6.45) is 6.79. The van der Waals surface area contributed by atoms with Crippen molar-refractivity contribution in [3.05, 3.63) is 22.4 Å². The monoisotopic (exact) mass is 295 g/mol. The van der Waals surface area contributed by atoms with Gasteiger partial charge in [-0.05, 0) is 30.2 Å². The zero-order valence-electron chi connectivity index (χ0n) is 12.4. The van der Waals surface area contributed by atoms with Crippen LogP contribution < -0.4 is 5.32 Å². The van der Waals surface area contributed by atoms with Crippen molar-refractivity contribution in [1.29, 1.82) is 0 Å². The maximum absolute atomic E-state index is 11.6. The third-order valence-corrected chi connectivity index (χ3v) is 5.27. The Labute approximate surface area is 125 Å². The van der Waals surface area contributed by atoms with Crippen LogP contribution in [0.1, 0.15) is 56.4 Å². The maximum atomic E-state index is 11.6. The molecule has 1 heterocycles. The minimum atomic E-state index is -0.140. The van der Waals surface area contributed by atoms with Crippen molar-refractivity contribution in [2.45, 2.75) is 57.5 Å². The largest absolute Gasteiger partial charge is 0.469 e. The van der Waals surface area contributed by atoms with Gasteiger partial charge in [0.2, 0.25) is 0 Å². The molecule has 1 saturated carbocycles. The van der Waals surface area contributed by atoms with Crippen LogP contribution >= 0.6 is 11.3 Å². The van der Waals surface area contributed by atoms with Crippen LogP contribution in [0.4, 0.5) is 0 Å². The molecule has 3 atom stereocenters. The molecule has 0 unspecified atom stereocenters. The Hall–Kier alpha value is -0.870. The van der Waals surface area contributed by atoms with Gasteiger partial charge in [-0.15, -0.1) is 11.3 Å². The Balaban J connectivity index is 1.98. The first kappa shape index (κ1) is 15.5. The highest BCUT2D eigenvalue weighted by molar-refractivity contribution is 7.10. The van der Waals surface area contributed by atoms with Crippen molar-refractivity contribution in [3.63, 3.8) is 0 Å². The smallest absolute Gasteiger partial charge is 0.307 e. The number of rotatable bonds is 6. The molecule has 0 spiro atoms. The summed E-state index contributed by atoms with van der Waals surface area (Å²) in [6, 6.07) is 4.78. The molecule has 1 aromatic heterocycles. The quantitative estimate of drug-likeness (QED) is 0.809. The van der Waals surface area contributed by atoms with Crippen LogP contribution in [-0.2, 0) is 9.53 Å². The highest BCUT2D eigenvalue weighted by atomic mass is 32.1. The zero-order valence-corrected chi connectivity index (χ0v) is 13.2. The van der Waals surface area contributed by atoms with Gasteiger partial charge < -0.3 is 10.1 Å². The Morgan fingerprint density at radius 1 is 1.55 bits per heavy atom. The van der Waals surface area contributed by atoms with E-state index in [1.807, 2.05) is 6.07 Å². The van der Waals surface area contributed by atoms with Gasteiger partial charge in [-0.1, -0.05) is 32.3 Å². The van der Waals surface area contributed by atoms with Crippen molar-refractivity contribution in [3.8, 4) is 0 Å². The first-order valence-corrected chi connectivity index (χ1v) is 8.47. The highest BCUT2D eigenvalue weighted by Crippen LogP contribution is 2.30. The number of thiophene rings is 1. The summed E-state index contributed by atoms with van der Waals surface area (Å²) >= 11 is 1.71. The first-order chi connectivity index (χ1) is 9.72. The van der Waals surface area contributed by atoms with Gasteiger partial charge in [0.25, 0.3) is 0 Å². The van der Waals surface area contributed by atoms with E-state index >= 15 is 0 Å². The summed E-state index contributed by atoms with van der Waals surface area (Å²) in [6.45, 7) is 2.28. The number of hydrogen-bond acceptors (Lipinski definition) is 4. The van der Waals surface area contributed by atoms with E-state index in [0.29, 0.717) is 12.5 Å². The van der Waals surface area contributed by atoms with Gasteiger partial charge in [-0.2, -0.15) is 0 Å². The Morgan fingerprint density at radius 2 is 2.40 bits per heavy atom. The molecule has 0 aromatic carbocycles. The van der Waals surface area contributed by atoms with Crippen molar-refractivity contribution >= 4 is 17.3 Å². The van der Waals surface area contributed by atoms with Gasteiger partial charge in [0, 0.05) is 10.9 Å².